The topological polar surface area (TPSA) is 66.5 Å². The van der Waals surface area contributed by atoms with Gasteiger partial charge in [-0.05, 0) is 68.3 Å². The van der Waals surface area contributed by atoms with E-state index in [1.54, 1.807) is 30.3 Å². The van der Waals surface area contributed by atoms with Gasteiger partial charge in [-0.3, -0.25) is 9.10 Å². The minimum atomic E-state index is -3.83. The van der Waals surface area contributed by atoms with Crippen molar-refractivity contribution in [3.05, 3.63) is 87.9 Å². The molecule has 1 amide bonds. The van der Waals surface area contributed by atoms with Crippen molar-refractivity contribution in [1.29, 1.82) is 0 Å². The Balaban J connectivity index is 1.90. The van der Waals surface area contributed by atoms with Crippen LogP contribution in [0.3, 0.4) is 0 Å². The number of amides is 1. The molecule has 0 radical (unpaired) electrons. The van der Waals surface area contributed by atoms with Crippen LogP contribution in [-0.4, -0.2) is 21.4 Å². The highest BCUT2D eigenvalue weighted by molar-refractivity contribution is 7.92. The fourth-order valence-electron chi connectivity index (χ4n) is 3.11. The smallest absolute Gasteiger partial charge is 0.264 e. The molecule has 0 aromatic heterocycles. The molecule has 0 atom stereocenters. The Labute approximate surface area is 182 Å². The number of hydrogen-bond acceptors (Lipinski definition) is 3. The highest BCUT2D eigenvalue weighted by Gasteiger charge is 2.22. The molecule has 30 heavy (non-hydrogen) atoms. The summed E-state index contributed by atoms with van der Waals surface area (Å²) in [6, 6.07) is 16.8. The van der Waals surface area contributed by atoms with Crippen LogP contribution >= 0.6 is 11.6 Å². The van der Waals surface area contributed by atoms with Crippen LogP contribution in [0.25, 0.3) is 0 Å². The average Bonchev–Trinajstić information content (AvgIpc) is 2.70. The molecule has 7 heteroatoms. The number of carbonyl (C=O) groups excluding carboxylic acids is 1. The van der Waals surface area contributed by atoms with Gasteiger partial charge < -0.3 is 5.32 Å². The summed E-state index contributed by atoms with van der Waals surface area (Å²) in [5, 5.41) is 3.22. The number of nitrogens with zero attached hydrogens (tertiary/aromatic N) is 1. The van der Waals surface area contributed by atoms with Crippen LogP contribution in [-0.2, 0) is 10.0 Å². The third-order valence-corrected chi connectivity index (χ3v) is 6.90. The van der Waals surface area contributed by atoms with Crippen LogP contribution in [0.2, 0.25) is 5.02 Å². The van der Waals surface area contributed by atoms with E-state index in [2.05, 4.69) is 5.32 Å². The highest BCUT2D eigenvalue weighted by atomic mass is 35.5. The van der Waals surface area contributed by atoms with Gasteiger partial charge in [-0.2, -0.15) is 0 Å². The van der Waals surface area contributed by atoms with E-state index < -0.39 is 15.9 Å². The van der Waals surface area contributed by atoms with Crippen molar-refractivity contribution >= 4 is 38.9 Å². The zero-order valence-corrected chi connectivity index (χ0v) is 18.8. The molecule has 156 valence electrons. The van der Waals surface area contributed by atoms with Crippen molar-refractivity contribution in [2.24, 2.45) is 0 Å². The van der Waals surface area contributed by atoms with Crippen LogP contribution < -0.4 is 9.62 Å². The van der Waals surface area contributed by atoms with Gasteiger partial charge in [-0.25, -0.2) is 8.42 Å². The van der Waals surface area contributed by atoms with E-state index in [-0.39, 0.29) is 10.5 Å². The molecule has 0 saturated heterocycles. The molecule has 3 rings (SSSR count). The van der Waals surface area contributed by atoms with Gasteiger partial charge in [-0.1, -0.05) is 41.4 Å². The molecular weight excluding hydrogens is 420 g/mol. The van der Waals surface area contributed by atoms with Crippen LogP contribution in [0.4, 0.5) is 11.4 Å². The number of anilines is 2. The summed E-state index contributed by atoms with van der Waals surface area (Å²) in [6.07, 6.45) is 0. The minimum Gasteiger partial charge on any atom is -0.320 e. The third kappa shape index (κ3) is 4.50. The number of hydrogen-bond donors (Lipinski definition) is 1. The first-order valence-corrected chi connectivity index (χ1v) is 11.1. The molecule has 0 aliphatic carbocycles. The molecule has 0 spiro atoms. The molecule has 5 nitrogen and oxygen atoms in total. The minimum absolute atomic E-state index is 0.0324. The van der Waals surface area contributed by atoms with Crippen LogP contribution in [0.1, 0.15) is 27.0 Å². The predicted octanol–water partition coefficient (Wildman–Crippen LogP) is 5.34. The van der Waals surface area contributed by atoms with Gasteiger partial charge in [0.15, 0.2) is 0 Å². The molecule has 0 fully saturated rings. The van der Waals surface area contributed by atoms with Gasteiger partial charge in [0, 0.05) is 12.6 Å². The second-order valence-corrected chi connectivity index (χ2v) is 9.61. The molecule has 0 saturated carbocycles. The van der Waals surface area contributed by atoms with Gasteiger partial charge in [0.25, 0.3) is 15.9 Å². The zero-order chi connectivity index (χ0) is 22.1. The quantitative estimate of drug-likeness (QED) is 0.579. The normalized spacial score (nSPS) is 11.2. The maximum absolute atomic E-state index is 13.1. The molecular formula is C23H23ClN2O3S. The lowest BCUT2D eigenvalue weighted by Crippen LogP contribution is -2.27. The summed E-state index contributed by atoms with van der Waals surface area (Å²) in [7, 11) is -2.34. The fraction of sp³-hybridized carbons (Fsp3) is 0.174. The fourth-order valence-corrected chi connectivity index (χ4v) is 4.72. The zero-order valence-electron chi connectivity index (χ0n) is 17.2. The molecule has 0 unspecified atom stereocenters. The van der Waals surface area contributed by atoms with Crippen molar-refractivity contribution in [3.8, 4) is 0 Å². The van der Waals surface area contributed by atoms with E-state index in [0.29, 0.717) is 16.4 Å². The molecule has 0 bridgehead atoms. The van der Waals surface area contributed by atoms with Crippen molar-refractivity contribution in [3.63, 3.8) is 0 Å². The molecule has 3 aromatic rings. The highest BCUT2D eigenvalue weighted by Crippen LogP contribution is 2.28. The van der Waals surface area contributed by atoms with E-state index in [1.807, 2.05) is 39.0 Å². The first kappa shape index (κ1) is 21.9. The van der Waals surface area contributed by atoms with Crippen molar-refractivity contribution in [1.82, 2.24) is 0 Å². The van der Waals surface area contributed by atoms with E-state index in [9.17, 15) is 13.2 Å². The van der Waals surface area contributed by atoms with Crippen LogP contribution in [0.5, 0.6) is 0 Å². The summed E-state index contributed by atoms with van der Waals surface area (Å²) in [6.45, 7) is 5.71. The summed E-state index contributed by atoms with van der Waals surface area (Å²) in [5.41, 5.74) is 4.13. The van der Waals surface area contributed by atoms with Gasteiger partial charge in [0.05, 0.1) is 21.3 Å². The third-order valence-electron chi connectivity index (χ3n) is 4.82. The van der Waals surface area contributed by atoms with Crippen molar-refractivity contribution in [2.75, 3.05) is 16.7 Å². The van der Waals surface area contributed by atoms with Gasteiger partial charge in [0.2, 0.25) is 0 Å². The maximum Gasteiger partial charge on any atom is 0.264 e. The van der Waals surface area contributed by atoms with Crippen LogP contribution in [0.15, 0.2) is 65.6 Å². The Kier molecular flexibility index (Phi) is 6.19. The predicted molar refractivity (Wildman–Crippen MR) is 122 cm³/mol. The molecule has 0 aliphatic heterocycles. The Hall–Kier alpha value is -2.83. The first-order chi connectivity index (χ1) is 14.1. The average molecular weight is 443 g/mol. The lowest BCUT2D eigenvalue weighted by Gasteiger charge is -2.20. The second kappa shape index (κ2) is 8.50. The largest absolute Gasteiger partial charge is 0.320 e. The van der Waals surface area contributed by atoms with Crippen molar-refractivity contribution in [2.45, 2.75) is 25.7 Å². The molecule has 0 heterocycles. The lowest BCUT2D eigenvalue weighted by molar-refractivity contribution is 0.102. The van der Waals surface area contributed by atoms with E-state index >= 15 is 0 Å². The first-order valence-electron chi connectivity index (χ1n) is 9.33. The maximum atomic E-state index is 13.1. The SMILES string of the molecule is Cc1ccc(N(C)S(=O)(=O)c2cccc(C(=O)Nc3c(C)cc(C)cc3Cl)c2)cc1. The standard InChI is InChI=1S/C23H23ClN2O3S/c1-15-8-10-19(11-9-15)26(4)30(28,29)20-7-5-6-18(14-20)23(27)25-22-17(3)12-16(2)13-21(22)24/h5-14H,1-4H3,(H,25,27). The van der Waals surface area contributed by atoms with Gasteiger partial charge in [-0.15, -0.1) is 0 Å². The monoisotopic (exact) mass is 442 g/mol. The van der Waals surface area contributed by atoms with E-state index in [1.165, 1.54) is 23.5 Å². The number of halogens is 1. The Bertz CT molecular complexity index is 1180. The number of benzene rings is 3. The number of rotatable bonds is 5. The van der Waals surface area contributed by atoms with E-state index in [4.69, 9.17) is 11.6 Å². The Morgan fingerprint density at radius 2 is 1.60 bits per heavy atom. The van der Waals surface area contributed by atoms with Crippen LogP contribution in [0, 0.1) is 20.8 Å². The number of nitrogens with one attached hydrogen (secondary N) is 1. The summed E-state index contributed by atoms with van der Waals surface area (Å²) < 4.78 is 27.3. The Morgan fingerprint density at radius 3 is 2.23 bits per heavy atom. The Morgan fingerprint density at radius 1 is 0.933 bits per heavy atom. The summed E-state index contributed by atoms with van der Waals surface area (Å²) in [4.78, 5) is 12.8. The molecule has 0 aliphatic rings. The lowest BCUT2D eigenvalue weighted by atomic mass is 10.1. The number of aryl methyl sites for hydroxylation is 3. The number of sulfonamides is 1. The summed E-state index contributed by atoms with van der Waals surface area (Å²) in [5.74, 6) is -0.432. The van der Waals surface area contributed by atoms with E-state index in [0.717, 1.165) is 16.7 Å². The molecule has 1 N–H and O–H groups in total. The number of carbonyl (C=O) groups is 1. The van der Waals surface area contributed by atoms with Gasteiger partial charge >= 0.3 is 0 Å². The summed E-state index contributed by atoms with van der Waals surface area (Å²) >= 11 is 6.27. The molecule has 3 aromatic carbocycles. The second-order valence-electron chi connectivity index (χ2n) is 7.23. The van der Waals surface area contributed by atoms with Gasteiger partial charge in [0.1, 0.15) is 0 Å². The van der Waals surface area contributed by atoms with Crippen molar-refractivity contribution < 1.29 is 13.2 Å².